The highest BCUT2D eigenvalue weighted by atomic mass is 35.5. The van der Waals surface area contributed by atoms with E-state index < -0.39 is 0 Å². The average Bonchev–Trinajstić information content (AvgIpc) is 2.71. The minimum Gasteiger partial charge on any atom is -0.346 e. The molecule has 1 aromatic heterocycles. The van der Waals surface area contributed by atoms with Crippen LogP contribution in [0.4, 0.5) is 5.13 Å². The first kappa shape index (κ1) is 9.71. The predicted molar refractivity (Wildman–Crippen MR) is 56.6 cm³/mol. The summed E-state index contributed by atoms with van der Waals surface area (Å²) in [5, 5.41) is 9.82. The van der Waals surface area contributed by atoms with E-state index in [9.17, 15) is 0 Å². The number of thiazole rings is 1. The standard InChI is InChI=1S/C8H9ClN4S/c9-7-6(3-10)14-8(12-7)13-2-1-5(11)4-13/h5H,1-2,4,11H2. The molecule has 0 bridgehead atoms. The lowest BCUT2D eigenvalue weighted by Crippen LogP contribution is -2.26. The van der Waals surface area contributed by atoms with Gasteiger partial charge in [0.2, 0.25) is 0 Å². The molecule has 0 aromatic carbocycles. The summed E-state index contributed by atoms with van der Waals surface area (Å²) in [6.45, 7) is 1.70. The molecule has 0 saturated carbocycles. The first-order valence-corrected chi connectivity index (χ1v) is 5.47. The summed E-state index contributed by atoms with van der Waals surface area (Å²) in [6, 6.07) is 2.23. The van der Waals surface area contributed by atoms with Crippen molar-refractivity contribution in [2.24, 2.45) is 5.73 Å². The summed E-state index contributed by atoms with van der Waals surface area (Å²) in [5.74, 6) is 0. The van der Waals surface area contributed by atoms with Crippen molar-refractivity contribution < 1.29 is 0 Å². The molecule has 2 heterocycles. The van der Waals surface area contributed by atoms with Crippen LogP contribution in [0.25, 0.3) is 0 Å². The topological polar surface area (TPSA) is 65.9 Å². The summed E-state index contributed by atoms with van der Waals surface area (Å²) in [6.07, 6.45) is 0.971. The minimum absolute atomic E-state index is 0.211. The van der Waals surface area contributed by atoms with Crippen molar-refractivity contribution >= 4 is 28.1 Å². The molecule has 1 fully saturated rings. The maximum Gasteiger partial charge on any atom is 0.188 e. The van der Waals surface area contributed by atoms with Crippen molar-refractivity contribution in [2.45, 2.75) is 12.5 Å². The van der Waals surface area contributed by atoms with Gasteiger partial charge in [0, 0.05) is 19.1 Å². The monoisotopic (exact) mass is 228 g/mol. The van der Waals surface area contributed by atoms with E-state index in [4.69, 9.17) is 22.6 Å². The maximum atomic E-state index is 8.72. The molecule has 1 atom stereocenters. The Bertz CT molecular complexity index is 383. The van der Waals surface area contributed by atoms with E-state index in [-0.39, 0.29) is 6.04 Å². The summed E-state index contributed by atoms with van der Waals surface area (Å²) in [7, 11) is 0. The molecule has 2 N–H and O–H groups in total. The number of anilines is 1. The van der Waals surface area contributed by atoms with Crippen LogP contribution in [0.1, 0.15) is 11.3 Å². The molecule has 4 nitrogen and oxygen atoms in total. The molecule has 1 aromatic rings. The third-order valence-electron chi connectivity index (χ3n) is 2.17. The first-order valence-electron chi connectivity index (χ1n) is 4.27. The fourth-order valence-corrected chi connectivity index (χ4v) is 2.53. The largest absolute Gasteiger partial charge is 0.346 e. The second-order valence-corrected chi connectivity index (χ2v) is 4.56. The minimum atomic E-state index is 0.211. The van der Waals surface area contributed by atoms with Gasteiger partial charge >= 0.3 is 0 Å². The summed E-state index contributed by atoms with van der Waals surface area (Å²) >= 11 is 7.10. The predicted octanol–water partition coefficient (Wildman–Crippen LogP) is 1.21. The highest BCUT2D eigenvalue weighted by Crippen LogP contribution is 2.30. The van der Waals surface area contributed by atoms with Gasteiger partial charge in [-0.2, -0.15) is 5.26 Å². The Balaban J connectivity index is 2.21. The Hall–Kier alpha value is -0.830. The molecule has 1 saturated heterocycles. The Morgan fingerprint density at radius 2 is 2.50 bits per heavy atom. The van der Waals surface area contributed by atoms with E-state index in [1.165, 1.54) is 11.3 Å². The molecular formula is C8H9ClN4S. The van der Waals surface area contributed by atoms with Crippen LogP contribution in [0.5, 0.6) is 0 Å². The molecular weight excluding hydrogens is 220 g/mol. The van der Waals surface area contributed by atoms with Crippen LogP contribution in [0.15, 0.2) is 0 Å². The average molecular weight is 229 g/mol. The molecule has 0 radical (unpaired) electrons. The van der Waals surface area contributed by atoms with Gasteiger partial charge in [-0.3, -0.25) is 0 Å². The zero-order valence-corrected chi connectivity index (χ0v) is 8.98. The Morgan fingerprint density at radius 3 is 3.00 bits per heavy atom. The van der Waals surface area contributed by atoms with Crippen molar-refractivity contribution in [1.29, 1.82) is 5.26 Å². The van der Waals surface area contributed by atoms with E-state index in [0.29, 0.717) is 10.0 Å². The number of nitrogens with two attached hydrogens (primary N) is 1. The number of rotatable bonds is 1. The number of hydrogen-bond acceptors (Lipinski definition) is 5. The van der Waals surface area contributed by atoms with Crippen LogP contribution >= 0.6 is 22.9 Å². The third kappa shape index (κ3) is 1.69. The fraction of sp³-hybridized carbons (Fsp3) is 0.500. The van der Waals surface area contributed by atoms with Gasteiger partial charge in [0.15, 0.2) is 10.3 Å². The van der Waals surface area contributed by atoms with Crippen molar-refractivity contribution in [2.75, 3.05) is 18.0 Å². The van der Waals surface area contributed by atoms with Crippen LogP contribution in [-0.4, -0.2) is 24.1 Å². The molecule has 0 aliphatic carbocycles. The number of hydrogen-bond donors (Lipinski definition) is 1. The van der Waals surface area contributed by atoms with Gasteiger partial charge < -0.3 is 10.6 Å². The van der Waals surface area contributed by atoms with Crippen LogP contribution < -0.4 is 10.6 Å². The van der Waals surface area contributed by atoms with Gasteiger partial charge in [-0.25, -0.2) is 4.98 Å². The molecule has 0 amide bonds. The van der Waals surface area contributed by atoms with Gasteiger partial charge in [-0.05, 0) is 6.42 Å². The zero-order chi connectivity index (χ0) is 10.1. The Labute approximate surface area is 90.9 Å². The van der Waals surface area contributed by atoms with E-state index in [2.05, 4.69) is 9.88 Å². The van der Waals surface area contributed by atoms with Crippen LogP contribution in [0.3, 0.4) is 0 Å². The van der Waals surface area contributed by atoms with Crippen LogP contribution in [-0.2, 0) is 0 Å². The van der Waals surface area contributed by atoms with Crippen molar-refractivity contribution in [1.82, 2.24) is 4.98 Å². The lowest BCUT2D eigenvalue weighted by molar-refractivity contribution is 0.752. The number of halogens is 1. The smallest absolute Gasteiger partial charge is 0.188 e. The lowest BCUT2D eigenvalue weighted by atomic mass is 10.3. The second kappa shape index (κ2) is 3.73. The van der Waals surface area contributed by atoms with Crippen molar-refractivity contribution in [3.05, 3.63) is 10.0 Å². The molecule has 0 spiro atoms. The van der Waals surface area contributed by atoms with E-state index in [0.717, 1.165) is 24.6 Å². The Morgan fingerprint density at radius 1 is 1.71 bits per heavy atom. The molecule has 6 heteroatoms. The van der Waals surface area contributed by atoms with Gasteiger partial charge in [-0.15, -0.1) is 0 Å². The summed E-state index contributed by atoms with van der Waals surface area (Å²) < 4.78 is 0. The maximum absolute atomic E-state index is 8.72. The molecule has 2 rings (SSSR count). The normalized spacial score (nSPS) is 21.2. The highest BCUT2D eigenvalue weighted by Gasteiger charge is 2.22. The molecule has 14 heavy (non-hydrogen) atoms. The Kier molecular flexibility index (Phi) is 2.59. The van der Waals surface area contributed by atoms with E-state index in [1.54, 1.807) is 0 Å². The highest BCUT2D eigenvalue weighted by molar-refractivity contribution is 7.16. The zero-order valence-electron chi connectivity index (χ0n) is 7.40. The van der Waals surface area contributed by atoms with Gasteiger partial charge in [0.1, 0.15) is 10.9 Å². The molecule has 1 unspecified atom stereocenters. The van der Waals surface area contributed by atoms with Crippen LogP contribution in [0, 0.1) is 11.3 Å². The summed E-state index contributed by atoms with van der Waals surface area (Å²) in [5.41, 5.74) is 5.78. The molecule has 1 aliphatic rings. The van der Waals surface area contributed by atoms with E-state index in [1.807, 2.05) is 6.07 Å². The van der Waals surface area contributed by atoms with Crippen LogP contribution in [0.2, 0.25) is 5.15 Å². The number of nitriles is 1. The fourth-order valence-electron chi connectivity index (χ4n) is 1.46. The number of aromatic nitrogens is 1. The summed E-state index contributed by atoms with van der Waals surface area (Å²) in [4.78, 5) is 6.68. The third-order valence-corrected chi connectivity index (χ3v) is 3.58. The van der Waals surface area contributed by atoms with Crippen molar-refractivity contribution in [3.8, 4) is 6.07 Å². The molecule has 74 valence electrons. The second-order valence-electron chi connectivity index (χ2n) is 3.22. The quantitative estimate of drug-likeness (QED) is 0.785. The SMILES string of the molecule is N#Cc1sc(N2CCC(N)C2)nc1Cl. The number of nitrogens with zero attached hydrogens (tertiary/aromatic N) is 3. The lowest BCUT2D eigenvalue weighted by Gasteiger charge is -2.12. The van der Waals surface area contributed by atoms with Gasteiger partial charge in [0.05, 0.1) is 0 Å². The van der Waals surface area contributed by atoms with Crippen molar-refractivity contribution in [3.63, 3.8) is 0 Å². The molecule has 1 aliphatic heterocycles. The van der Waals surface area contributed by atoms with Gasteiger partial charge in [-0.1, -0.05) is 22.9 Å². The van der Waals surface area contributed by atoms with Gasteiger partial charge in [0.25, 0.3) is 0 Å². The van der Waals surface area contributed by atoms with E-state index >= 15 is 0 Å². The first-order chi connectivity index (χ1) is 6.70.